The van der Waals surface area contributed by atoms with Crippen molar-refractivity contribution in [2.45, 2.75) is 12.5 Å². The van der Waals surface area contributed by atoms with E-state index in [4.69, 9.17) is 0 Å². The molecule has 2 N–H and O–H groups in total. The zero-order chi connectivity index (χ0) is 8.77. The molecule has 0 bridgehead atoms. The zero-order valence-corrected chi connectivity index (χ0v) is 6.29. The summed E-state index contributed by atoms with van der Waals surface area (Å²) >= 11 is 0. The van der Waals surface area contributed by atoms with Gasteiger partial charge in [0, 0.05) is 0 Å². The number of carbonyl (C=O) groups excluding carboxylic acids is 2. The molecule has 62 valence electrons. The lowest BCUT2D eigenvalue weighted by molar-refractivity contribution is -0.122. The van der Waals surface area contributed by atoms with Crippen LogP contribution in [0, 0.1) is 0 Å². The molecule has 0 aromatic rings. The third-order valence-corrected chi connectivity index (χ3v) is 1.87. The van der Waals surface area contributed by atoms with Gasteiger partial charge in [0.25, 0.3) is 5.91 Å². The van der Waals surface area contributed by atoms with Crippen molar-refractivity contribution in [3.05, 3.63) is 0 Å². The van der Waals surface area contributed by atoms with Gasteiger partial charge in [0.15, 0.2) is 5.54 Å². The molecule has 1 atom stereocenters. The number of hydrogen-bond acceptors (Lipinski definition) is 4. The quantitative estimate of drug-likeness (QED) is 0.485. The van der Waals surface area contributed by atoms with Crippen LogP contribution in [0.4, 0.5) is 4.79 Å². The van der Waals surface area contributed by atoms with Gasteiger partial charge in [0.2, 0.25) is 0 Å². The molecule has 0 saturated carbocycles. The van der Waals surface area contributed by atoms with Crippen LogP contribution < -0.4 is 10.6 Å². The summed E-state index contributed by atoms with van der Waals surface area (Å²) in [5.74, 6) is -0.157. The first kappa shape index (κ1) is 6.96. The predicted molar refractivity (Wildman–Crippen MR) is 41.0 cm³/mol. The van der Waals surface area contributed by atoms with Crippen LogP contribution >= 0.6 is 0 Å². The number of hydrogen-bond donors (Lipinski definition) is 2. The van der Waals surface area contributed by atoms with Gasteiger partial charge in [-0.3, -0.25) is 15.4 Å². The third-order valence-electron chi connectivity index (χ3n) is 1.87. The van der Waals surface area contributed by atoms with E-state index in [-0.39, 0.29) is 5.84 Å². The number of nitrogens with one attached hydrogen (secondary N) is 2. The molecule has 1 unspecified atom stereocenters. The van der Waals surface area contributed by atoms with Crippen LogP contribution in [0.3, 0.4) is 0 Å². The summed E-state index contributed by atoms with van der Waals surface area (Å²) in [6.07, 6.45) is 1.26. The molecule has 2 rings (SSSR count). The maximum atomic E-state index is 11.2. The summed E-state index contributed by atoms with van der Waals surface area (Å²) in [4.78, 5) is 29.6. The van der Waals surface area contributed by atoms with E-state index in [9.17, 15) is 9.59 Å². The minimum absolute atomic E-state index is 0.288. The van der Waals surface area contributed by atoms with Gasteiger partial charge in [-0.25, -0.2) is 14.8 Å². The number of urea groups is 1. The van der Waals surface area contributed by atoms with Crippen LogP contribution in [0.15, 0.2) is 9.98 Å². The number of amidine groups is 1. The van der Waals surface area contributed by atoms with E-state index in [0.717, 1.165) is 0 Å². The van der Waals surface area contributed by atoms with Gasteiger partial charge in [0.05, 0.1) is 0 Å². The zero-order valence-electron chi connectivity index (χ0n) is 6.29. The van der Waals surface area contributed by atoms with E-state index in [1.807, 2.05) is 0 Å². The molecule has 1 fully saturated rings. The average Bonchev–Trinajstić information content (AvgIpc) is 2.33. The highest BCUT2D eigenvalue weighted by molar-refractivity contribution is 6.26. The second kappa shape index (κ2) is 1.90. The topological polar surface area (TPSA) is 82.9 Å². The Balaban J connectivity index is 2.43. The van der Waals surface area contributed by atoms with Crippen LogP contribution in [0.25, 0.3) is 0 Å². The molecule has 3 amide bonds. The lowest BCUT2D eigenvalue weighted by atomic mass is 10.00. The van der Waals surface area contributed by atoms with Gasteiger partial charge in [-0.1, -0.05) is 0 Å². The van der Waals surface area contributed by atoms with Crippen LogP contribution in [-0.4, -0.2) is 29.7 Å². The van der Waals surface area contributed by atoms with E-state index in [0.29, 0.717) is 0 Å². The lowest BCUT2D eigenvalue weighted by Gasteiger charge is -2.26. The average molecular weight is 166 g/mol. The number of fused-ring (bicyclic) bond motifs is 1. The van der Waals surface area contributed by atoms with E-state index in [1.165, 1.54) is 6.34 Å². The van der Waals surface area contributed by atoms with Crippen molar-refractivity contribution in [2.24, 2.45) is 9.98 Å². The van der Waals surface area contributed by atoms with Crippen molar-refractivity contribution in [1.29, 1.82) is 0 Å². The molecule has 1 saturated heterocycles. The predicted octanol–water partition coefficient (Wildman–Crippen LogP) is -0.975. The first-order valence-electron chi connectivity index (χ1n) is 3.37. The summed E-state index contributed by atoms with van der Waals surface area (Å²) < 4.78 is 0. The maximum Gasteiger partial charge on any atom is 0.326 e. The molecule has 2 heterocycles. The summed E-state index contributed by atoms with van der Waals surface area (Å²) in [5.41, 5.74) is -1.03. The molecular weight excluding hydrogens is 160 g/mol. The van der Waals surface area contributed by atoms with Crippen molar-refractivity contribution in [3.8, 4) is 0 Å². The minimum Gasteiger partial charge on any atom is -0.293 e. The molecule has 0 aromatic heterocycles. The Kier molecular flexibility index (Phi) is 1.10. The van der Waals surface area contributed by atoms with Crippen LogP contribution in [-0.2, 0) is 4.79 Å². The van der Waals surface area contributed by atoms with E-state index in [2.05, 4.69) is 20.6 Å². The molecule has 0 aliphatic carbocycles. The molecule has 0 radical (unpaired) electrons. The summed E-state index contributed by atoms with van der Waals surface area (Å²) in [6, 6.07) is -0.554. The summed E-state index contributed by atoms with van der Waals surface area (Å²) in [6.45, 7) is 1.59. The third kappa shape index (κ3) is 0.687. The first-order chi connectivity index (χ1) is 5.63. The number of imide groups is 1. The SMILES string of the molecule is CC12N=CN=C1NC(=O)NC2=O. The second-order valence-electron chi connectivity index (χ2n) is 2.70. The van der Waals surface area contributed by atoms with Gasteiger partial charge in [-0.15, -0.1) is 0 Å². The lowest BCUT2D eigenvalue weighted by Crippen LogP contribution is -2.63. The van der Waals surface area contributed by atoms with Gasteiger partial charge in [-0.05, 0) is 6.92 Å². The molecule has 2 aliphatic heterocycles. The Hall–Kier alpha value is -1.72. The van der Waals surface area contributed by atoms with Gasteiger partial charge in [-0.2, -0.15) is 0 Å². The number of amides is 3. The van der Waals surface area contributed by atoms with Crippen molar-refractivity contribution >= 4 is 24.1 Å². The van der Waals surface area contributed by atoms with Crippen molar-refractivity contribution in [1.82, 2.24) is 10.6 Å². The van der Waals surface area contributed by atoms with Crippen LogP contribution in [0.1, 0.15) is 6.92 Å². The minimum atomic E-state index is -1.03. The Labute approximate surface area is 67.8 Å². The fourth-order valence-electron chi connectivity index (χ4n) is 1.07. The van der Waals surface area contributed by atoms with Crippen LogP contribution in [0.5, 0.6) is 0 Å². The molecule has 0 aromatic carbocycles. The number of carbonyl (C=O) groups is 2. The van der Waals surface area contributed by atoms with Crippen LogP contribution in [0.2, 0.25) is 0 Å². The second-order valence-corrected chi connectivity index (χ2v) is 2.70. The van der Waals surface area contributed by atoms with E-state index >= 15 is 0 Å². The Morgan fingerprint density at radius 2 is 2.17 bits per heavy atom. The van der Waals surface area contributed by atoms with Gasteiger partial charge < -0.3 is 0 Å². The fraction of sp³-hybridized carbons (Fsp3) is 0.333. The Bertz CT molecular complexity index is 332. The standard InChI is InChI=1S/C6H6N4O2/c1-6-3(7-2-8-6)9-5(12)10-4(6)11/h2H,1H3,(H2,7,8,9,10,11,12). The normalized spacial score (nSPS) is 32.2. The molecule has 12 heavy (non-hydrogen) atoms. The van der Waals surface area contributed by atoms with Crippen molar-refractivity contribution in [2.75, 3.05) is 0 Å². The highest BCUT2D eigenvalue weighted by Crippen LogP contribution is 2.17. The van der Waals surface area contributed by atoms with Crippen molar-refractivity contribution in [3.63, 3.8) is 0 Å². The molecule has 6 heteroatoms. The van der Waals surface area contributed by atoms with Crippen molar-refractivity contribution < 1.29 is 9.59 Å². The number of nitrogens with zero attached hydrogens (tertiary/aromatic N) is 2. The van der Waals surface area contributed by atoms with Gasteiger partial charge >= 0.3 is 6.03 Å². The first-order valence-corrected chi connectivity index (χ1v) is 3.37. The summed E-state index contributed by atoms with van der Waals surface area (Å²) in [5, 5.41) is 4.51. The number of aliphatic imine (C=N–C) groups is 2. The summed E-state index contributed by atoms with van der Waals surface area (Å²) in [7, 11) is 0. The number of rotatable bonds is 0. The molecular formula is C6H6N4O2. The maximum absolute atomic E-state index is 11.2. The fourth-order valence-corrected chi connectivity index (χ4v) is 1.07. The molecule has 2 aliphatic rings. The highest BCUT2D eigenvalue weighted by Gasteiger charge is 2.45. The monoisotopic (exact) mass is 166 g/mol. The van der Waals surface area contributed by atoms with Gasteiger partial charge in [0.1, 0.15) is 12.2 Å². The Morgan fingerprint density at radius 3 is 2.92 bits per heavy atom. The molecule has 6 nitrogen and oxygen atoms in total. The highest BCUT2D eigenvalue weighted by atomic mass is 16.2. The Morgan fingerprint density at radius 1 is 1.42 bits per heavy atom. The molecule has 0 spiro atoms. The van der Waals surface area contributed by atoms with E-state index < -0.39 is 17.5 Å². The largest absolute Gasteiger partial charge is 0.326 e. The smallest absolute Gasteiger partial charge is 0.293 e. The van der Waals surface area contributed by atoms with E-state index in [1.54, 1.807) is 6.92 Å².